The monoisotopic (exact) mass is 254 g/mol. The van der Waals surface area contributed by atoms with E-state index >= 15 is 0 Å². The van der Waals surface area contributed by atoms with Crippen LogP contribution in [0.25, 0.3) is 0 Å². The summed E-state index contributed by atoms with van der Waals surface area (Å²) >= 11 is 1.77. The third-order valence-electron chi connectivity index (χ3n) is 3.45. The Kier molecular flexibility index (Phi) is 3.57. The standard InChI is InChI=1S/C13H22N2OS/c1-12(2,3)11-14-7-10(17-11)8-15-13(9-16)5-4-6-13/h7,15-16H,4-6,8-9H2,1-3H3. The highest BCUT2D eigenvalue weighted by Crippen LogP contribution is 2.32. The summed E-state index contributed by atoms with van der Waals surface area (Å²) in [6.07, 6.45) is 5.37. The maximum absolute atomic E-state index is 9.37. The first kappa shape index (κ1) is 13.0. The Morgan fingerprint density at radius 1 is 1.47 bits per heavy atom. The highest BCUT2D eigenvalue weighted by molar-refractivity contribution is 7.11. The molecule has 0 atom stereocenters. The fourth-order valence-electron chi connectivity index (χ4n) is 2.00. The van der Waals surface area contributed by atoms with Gasteiger partial charge in [0.2, 0.25) is 0 Å². The van der Waals surface area contributed by atoms with Crippen molar-refractivity contribution >= 4 is 11.3 Å². The van der Waals surface area contributed by atoms with E-state index in [0.717, 1.165) is 19.4 Å². The molecule has 1 aliphatic rings. The van der Waals surface area contributed by atoms with Gasteiger partial charge in [0.05, 0.1) is 11.6 Å². The van der Waals surface area contributed by atoms with E-state index in [1.165, 1.54) is 16.3 Å². The van der Waals surface area contributed by atoms with Crippen LogP contribution < -0.4 is 5.32 Å². The third-order valence-corrected chi connectivity index (χ3v) is 4.87. The topological polar surface area (TPSA) is 45.2 Å². The lowest BCUT2D eigenvalue weighted by atomic mass is 9.77. The van der Waals surface area contributed by atoms with Gasteiger partial charge in [-0.3, -0.25) is 0 Å². The Hall–Kier alpha value is -0.450. The minimum Gasteiger partial charge on any atom is -0.394 e. The molecule has 3 nitrogen and oxygen atoms in total. The fraction of sp³-hybridized carbons (Fsp3) is 0.769. The molecule has 2 N–H and O–H groups in total. The normalized spacial score (nSPS) is 19.1. The van der Waals surface area contributed by atoms with Crippen LogP contribution in [0.15, 0.2) is 6.20 Å². The van der Waals surface area contributed by atoms with Crippen molar-refractivity contribution < 1.29 is 5.11 Å². The zero-order valence-corrected chi connectivity index (χ0v) is 11.7. The second kappa shape index (κ2) is 4.67. The quantitative estimate of drug-likeness (QED) is 0.867. The minimum absolute atomic E-state index is 0.00805. The van der Waals surface area contributed by atoms with Crippen LogP contribution in [0.2, 0.25) is 0 Å². The van der Waals surface area contributed by atoms with Crippen molar-refractivity contribution in [3.8, 4) is 0 Å². The van der Waals surface area contributed by atoms with Crippen molar-refractivity contribution in [1.82, 2.24) is 10.3 Å². The molecule has 0 aromatic carbocycles. The molecule has 1 fully saturated rings. The van der Waals surface area contributed by atoms with Crippen molar-refractivity contribution in [2.24, 2.45) is 0 Å². The summed E-state index contributed by atoms with van der Waals surface area (Å²) in [7, 11) is 0. The lowest BCUT2D eigenvalue weighted by molar-refractivity contribution is 0.0875. The van der Waals surface area contributed by atoms with Crippen LogP contribution in [0.5, 0.6) is 0 Å². The van der Waals surface area contributed by atoms with Gasteiger partial charge in [-0.2, -0.15) is 0 Å². The van der Waals surface area contributed by atoms with Crippen molar-refractivity contribution in [2.45, 2.75) is 57.5 Å². The molecule has 2 rings (SSSR count). The summed E-state index contributed by atoms with van der Waals surface area (Å²) in [5.41, 5.74) is 0.125. The second-order valence-corrected chi connectivity index (χ2v) is 7.14. The van der Waals surface area contributed by atoms with Gasteiger partial charge in [0.15, 0.2) is 0 Å². The molecule has 1 heterocycles. The molecule has 0 aliphatic heterocycles. The van der Waals surface area contributed by atoms with E-state index in [9.17, 15) is 5.11 Å². The largest absolute Gasteiger partial charge is 0.394 e. The molecule has 4 heteroatoms. The van der Waals surface area contributed by atoms with E-state index < -0.39 is 0 Å². The van der Waals surface area contributed by atoms with E-state index in [4.69, 9.17) is 0 Å². The van der Waals surface area contributed by atoms with Gasteiger partial charge in [-0.1, -0.05) is 20.8 Å². The maximum atomic E-state index is 9.37. The molecular weight excluding hydrogens is 232 g/mol. The van der Waals surface area contributed by atoms with Crippen LogP contribution in [0.1, 0.15) is 49.9 Å². The summed E-state index contributed by atoms with van der Waals surface area (Å²) in [5, 5.41) is 14.0. The van der Waals surface area contributed by atoms with E-state index in [0.29, 0.717) is 0 Å². The van der Waals surface area contributed by atoms with Crippen LogP contribution in [-0.2, 0) is 12.0 Å². The molecule has 1 aromatic rings. The van der Waals surface area contributed by atoms with Gasteiger partial charge in [0, 0.05) is 28.6 Å². The Morgan fingerprint density at radius 3 is 2.59 bits per heavy atom. The molecule has 1 aliphatic carbocycles. The number of hydrogen-bond acceptors (Lipinski definition) is 4. The minimum atomic E-state index is -0.00805. The van der Waals surface area contributed by atoms with Gasteiger partial charge in [0.1, 0.15) is 0 Å². The van der Waals surface area contributed by atoms with Gasteiger partial charge in [-0.25, -0.2) is 4.98 Å². The second-order valence-electron chi connectivity index (χ2n) is 6.03. The summed E-state index contributed by atoms with van der Waals surface area (Å²) in [5.74, 6) is 0. The van der Waals surface area contributed by atoms with Crippen molar-refractivity contribution in [1.29, 1.82) is 0 Å². The van der Waals surface area contributed by atoms with Gasteiger partial charge in [-0.15, -0.1) is 11.3 Å². The zero-order valence-electron chi connectivity index (χ0n) is 10.9. The Balaban J connectivity index is 1.93. The predicted octanol–water partition coefficient (Wildman–Crippen LogP) is 2.45. The van der Waals surface area contributed by atoms with Gasteiger partial charge < -0.3 is 10.4 Å². The number of nitrogens with one attached hydrogen (secondary N) is 1. The Morgan fingerprint density at radius 2 is 2.18 bits per heavy atom. The molecule has 96 valence electrons. The van der Waals surface area contributed by atoms with Crippen LogP contribution in [0.4, 0.5) is 0 Å². The first-order valence-electron chi connectivity index (χ1n) is 6.26. The summed E-state index contributed by atoms with van der Waals surface area (Å²) in [6.45, 7) is 7.63. The van der Waals surface area contributed by atoms with Gasteiger partial charge in [-0.05, 0) is 19.3 Å². The van der Waals surface area contributed by atoms with Gasteiger partial charge >= 0.3 is 0 Å². The Labute approximate surface area is 107 Å². The molecule has 0 bridgehead atoms. The number of aromatic nitrogens is 1. The number of rotatable bonds is 4. The van der Waals surface area contributed by atoms with Crippen molar-refractivity contribution in [3.63, 3.8) is 0 Å². The number of aliphatic hydroxyl groups is 1. The van der Waals surface area contributed by atoms with E-state index in [1.807, 2.05) is 6.20 Å². The zero-order chi connectivity index (χ0) is 12.5. The highest BCUT2D eigenvalue weighted by atomic mass is 32.1. The van der Waals surface area contributed by atoms with Crippen LogP contribution in [-0.4, -0.2) is 22.2 Å². The first-order valence-corrected chi connectivity index (χ1v) is 7.08. The SMILES string of the molecule is CC(C)(C)c1ncc(CNC2(CO)CCC2)s1. The molecule has 1 aromatic heterocycles. The lowest BCUT2D eigenvalue weighted by Crippen LogP contribution is -2.53. The van der Waals surface area contributed by atoms with Crippen LogP contribution >= 0.6 is 11.3 Å². The third kappa shape index (κ3) is 2.87. The summed E-state index contributed by atoms with van der Waals surface area (Å²) in [6, 6.07) is 0. The molecule has 1 saturated carbocycles. The average Bonchev–Trinajstić information content (AvgIpc) is 2.65. The number of hydrogen-bond donors (Lipinski definition) is 2. The lowest BCUT2D eigenvalue weighted by Gasteiger charge is -2.41. The number of nitrogens with zero attached hydrogens (tertiary/aromatic N) is 1. The highest BCUT2D eigenvalue weighted by Gasteiger charge is 2.35. The molecule has 17 heavy (non-hydrogen) atoms. The van der Waals surface area contributed by atoms with Crippen molar-refractivity contribution in [2.75, 3.05) is 6.61 Å². The molecule has 0 unspecified atom stereocenters. The molecular formula is C13H22N2OS. The summed E-state index contributed by atoms with van der Waals surface area (Å²) in [4.78, 5) is 5.73. The molecule has 0 saturated heterocycles. The van der Waals surface area contributed by atoms with Crippen LogP contribution in [0, 0.1) is 0 Å². The van der Waals surface area contributed by atoms with Crippen LogP contribution in [0.3, 0.4) is 0 Å². The van der Waals surface area contributed by atoms with Gasteiger partial charge in [0.25, 0.3) is 0 Å². The average molecular weight is 254 g/mol. The van der Waals surface area contributed by atoms with Crippen molar-refractivity contribution in [3.05, 3.63) is 16.1 Å². The van der Waals surface area contributed by atoms with E-state index in [1.54, 1.807) is 11.3 Å². The van der Waals surface area contributed by atoms with E-state index in [-0.39, 0.29) is 17.6 Å². The number of thiazole rings is 1. The number of aliphatic hydroxyl groups excluding tert-OH is 1. The molecule has 0 spiro atoms. The fourth-order valence-corrected chi connectivity index (χ4v) is 2.91. The maximum Gasteiger partial charge on any atom is 0.0981 e. The van der Waals surface area contributed by atoms with E-state index in [2.05, 4.69) is 31.1 Å². The predicted molar refractivity (Wildman–Crippen MR) is 71.3 cm³/mol. The first-order chi connectivity index (χ1) is 7.95. The molecule has 0 radical (unpaired) electrons. The molecule has 0 amide bonds. The Bertz CT molecular complexity index is 372. The summed E-state index contributed by atoms with van der Waals surface area (Å²) < 4.78 is 0. The smallest absolute Gasteiger partial charge is 0.0981 e.